The monoisotopic (exact) mass is 396 g/mol. The van der Waals surface area contributed by atoms with Crippen molar-refractivity contribution in [3.05, 3.63) is 84.6 Å². The maximum Gasteiger partial charge on any atom is 0.200 e. The Labute approximate surface area is 173 Å². The summed E-state index contributed by atoms with van der Waals surface area (Å²) in [4.78, 5) is 9.44. The number of aromatic nitrogens is 6. The van der Waals surface area contributed by atoms with E-state index in [9.17, 15) is 0 Å². The van der Waals surface area contributed by atoms with Crippen LogP contribution < -0.4 is 4.74 Å². The van der Waals surface area contributed by atoms with Crippen LogP contribution in [0.1, 0.15) is 11.5 Å². The minimum absolute atomic E-state index is 0.584. The molecule has 0 aliphatic heterocycles. The number of hydrogen-bond acceptors (Lipinski definition) is 5. The van der Waals surface area contributed by atoms with Gasteiger partial charge < -0.3 is 4.74 Å². The summed E-state index contributed by atoms with van der Waals surface area (Å²) in [6.07, 6.45) is 4.24. The van der Waals surface area contributed by atoms with E-state index in [2.05, 4.69) is 16.1 Å². The number of pyridine rings is 1. The Hall–Kier alpha value is -4.00. The van der Waals surface area contributed by atoms with Crippen LogP contribution in [-0.4, -0.2) is 36.6 Å². The van der Waals surface area contributed by atoms with Crippen LogP contribution >= 0.6 is 0 Å². The SMILES string of the molecule is COc1cccc(-n2nc(-c3cc4ccccc4cn3)nc2Cc2ccnn2C)c1. The van der Waals surface area contributed by atoms with E-state index in [1.807, 2.05) is 77.2 Å². The number of benzene rings is 2. The summed E-state index contributed by atoms with van der Waals surface area (Å²) in [7, 11) is 3.58. The lowest BCUT2D eigenvalue weighted by atomic mass is 10.1. The van der Waals surface area contributed by atoms with Crippen LogP contribution in [0.25, 0.3) is 28.0 Å². The lowest BCUT2D eigenvalue weighted by Gasteiger charge is -2.08. The molecule has 3 heterocycles. The molecule has 5 rings (SSSR count). The van der Waals surface area contributed by atoms with E-state index in [0.29, 0.717) is 12.2 Å². The fourth-order valence-electron chi connectivity index (χ4n) is 3.46. The van der Waals surface area contributed by atoms with Crippen molar-refractivity contribution >= 4 is 10.8 Å². The number of nitrogens with zero attached hydrogens (tertiary/aromatic N) is 6. The first-order valence-electron chi connectivity index (χ1n) is 9.64. The number of methoxy groups -OCH3 is 1. The van der Waals surface area contributed by atoms with Gasteiger partial charge in [0.2, 0.25) is 0 Å². The molecule has 0 spiro atoms. The van der Waals surface area contributed by atoms with Crippen LogP contribution in [-0.2, 0) is 13.5 Å². The summed E-state index contributed by atoms with van der Waals surface area (Å²) in [6, 6.07) is 19.9. The normalized spacial score (nSPS) is 11.1. The van der Waals surface area contributed by atoms with Crippen molar-refractivity contribution in [1.29, 1.82) is 0 Å². The van der Waals surface area contributed by atoms with E-state index in [0.717, 1.165) is 39.4 Å². The van der Waals surface area contributed by atoms with Gasteiger partial charge in [-0.25, -0.2) is 9.67 Å². The zero-order valence-electron chi connectivity index (χ0n) is 16.7. The van der Waals surface area contributed by atoms with Gasteiger partial charge in [-0.3, -0.25) is 9.67 Å². The van der Waals surface area contributed by atoms with Gasteiger partial charge in [-0.15, -0.1) is 5.10 Å². The molecule has 0 unspecified atom stereocenters. The summed E-state index contributed by atoms with van der Waals surface area (Å²) in [5.41, 5.74) is 2.66. The number of fused-ring (bicyclic) bond motifs is 1. The molecule has 0 radical (unpaired) electrons. The highest BCUT2D eigenvalue weighted by Crippen LogP contribution is 2.23. The van der Waals surface area contributed by atoms with E-state index in [1.165, 1.54) is 0 Å². The van der Waals surface area contributed by atoms with Crippen LogP contribution in [0.2, 0.25) is 0 Å². The summed E-state index contributed by atoms with van der Waals surface area (Å²) in [5.74, 6) is 2.15. The molecular formula is C23H20N6O. The zero-order valence-corrected chi connectivity index (χ0v) is 16.7. The van der Waals surface area contributed by atoms with Gasteiger partial charge in [0.05, 0.1) is 12.8 Å². The number of ether oxygens (including phenoxy) is 1. The van der Waals surface area contributed by atoms with Gasteiger partial charge in [-0.1, -0.05) is 30.3 Å². The first kappa shape index (κ1) is 18.1. The second-order valence-electron chi connectivity index (χ2n) is 7.00. The molecule has 30 heavy (non-hydrogen) atoms. The van der Waals surface area contributed by atoms with Crippen molar-refractivity contribution in [3.63, 3.8) is 0 Å². The minimum Gasteiger partial charge on any atom is -0.497 e. The van der Waals surface area contributed by atoms with Crippen molar-refractivity contribution in [2.75, 3.05) is 7.11 Å². The van der Waals surface area contributed by atoms with E-state index >= 15 is 0 Å². The molecule has 0 aliphatic carbocycles. The molecule has 0 atom stereocenters. The molecule has 0 N–H and O–H groups in total. The molecule has 7 nitrogen and oxygen atoms in total. The first-order chi connectivity index (χ1) is 14.7. The van der Waals surface area contributed by atoms with Gasteiger partial charge in [-0.2, -0.15) is 5.10 Å². The molecular weight excluding hydrogens is 376 g/mol. The third kappa shape index (κ3) is 3.30. The van der Waals surface area contributed by atoms with Gasteiger partial charge in [-0.05, 0) is 29.7 Å². The Kier molecular flexibility index (Phi) is 4.48. The van der Waals surface area contributed by atoms with Gasteiger partial charge in [0.1, 0.15) is 17.3 Å². The van der Waals surface area contributed by atoms with Crippen molar-refractivity contribution in [3.8, 4) is 23.0 Å². The third-order valence-electron chi connectivity index (χ3n) is 5.09. The fourth-order valence-corrected chi connectivity index (χ4v) is 3.46. The van der Waals surface area contributed by atoms with Gasteiger partial charge >= 0.3 is 0 Å². The second kappa shape index (κ2) is 7.44. The quantitative estimate of drug-likeness (QED) is 0.452. The molecule has 0 saturated carbocycles. The lowest BCUT2D eigenvalue weighted by Crippen LogP contribution is -2.07. The molecule has 0 aliphatic rings. The summed E-state index contributed by atoms with van der Waals surface area (Å²) >= 11 is 0. The number of aryl methyl sites for hydroxylation is 1. The largest absolute Gasteiger partial charge is 0.497 e. The first-order valence-corrected chi connectivity index (χ1v) is 9.64. The van der Waals surface area contributed by atoms with Gasteiger partial charge in [0.15, 0.2) is 5.82 Å². The molecule has 0 bridgehead atoms. The van der Waals surface area contributed by atoms with Crippen LogP contribution in [0.5, 0.6) is 5.75 Å². The fraction of sp³-hybridized carbons (Fsp3) is 0.130. The van der Waals surface area contributed by atoms with Crippen LogP contribution in [0.4, 0.5) is 0 Å². The van der Waals surface area contributed by atoms with Gasteiger partial charge in [0, 0.05) is 43.0 Å². The minimum atomic E-state index is 0.584. The van der Waals surface area contributed by atoms with Crippen molar-refractivity contribution in [2.24, 2.45) is 7.05 Å². The Balaban J connectivity index is 1.63. The smallest absolute Gasteiger partial charge is 0.200 e. The predicted molar refractivity (Wildman–Crippen MR) is 115 cm³/mol. The van der Waals surface area contributed by atoms with Gasteiger partial charge in [0.25, 0.3) is 0 Å². The predicted octanol–water partition coefficient (Wildman–Crippen LogP) is 3.82. The maximum atomic E-state index is 5.39. The summed E-state index contributed by atoms with van der Waals surface area (Å²) in [5, 5.41) is 11.3. The van der Waals surface area contributed by atoms with E-state index in [-0.39, 0.29) is 0 Å². The molecule has 0 fully saturated rings. The molecule has 5 aromatic rings. The Morgan fingerprint density at radius 1 is 0.967 bits per heavy atom. The number of rotatable bonds is 5. The highest BCUT2D eigenvalue weighted by Gasteiger charge is 2.16. The molecule has 148 valence electrons. The van der Waals surface area contributed by atoms with Crippen LogP contribution in [0.15, 0.2) is 73.1 Å². The standard InChI is InChI=1S/C23H20N6O/c1-28-18(10-11-25-28)14-22-26-23(21-12-16-6-3-4-7-17(16)15-24-21)27-29(22)19-8-5-9-20(13-19)30-2/h3-13,15H,14H2,1-2H3. The average molecular weight is 396 g/mol. The Morgan fingerprint density at radius 2 is 1.83 bits per heavy atom. The van der Waals surface area contributed by atoms with Crippen LogP contribution in [0, 0.1) is 0 Å². The summed E-state index contributed by atoms with van der Waals surface area (Å²) < 4.78 is 9.09. The molecule has 0 amide bonds. The maximum absolute atomic E-state index is 5.39. The van der Waals surface area contributed by atoms with Crippen molar-refractivity contribution in [2.45, 2.75) is 6.42 Å². The third-order valence-corrected chi connectivity index (χ3v) is 5.09. The lowest BCUT2D eigenvalue weighted by molar-refractivity contribution is 0.414. The molecule has 7 heteroatoms. The second-order valence-corrected chi connectivity index (χ2v) is 7.00. The van der Waals surface area contributed by atoms with E-state index < -0.39 is 0 Å². The molecule has 3 aromatic heterocycles. The Bertz CT molecular complexity index is 1340. The van der Waals surface area contributed by atoms with Crippen molar-refractivity contribution in [1.82, 2.24) is 29.5 Å². The molecule has 2 aromatic carbocycles. The van der Waals surface area contributed by atoms with Crippen molar-refractivity contribution < 1.29 is 4.74 Å². The highest BCUT2D eigenvalue weighted by atomic mass is 16.5. The zero-order chi connectivity index (χ0) is 20.5. The highest BCUT2D eigenvalue weighted by molar-refractivity contribution is 5.84. The van der Waals surface area contributed by atoms with Crippen LogP contribution in [0.3, 0.4) is 0 Å². The number of hydrogen-bond donors (Lipinski definition) is 0. The average Bonchev–Trinajstić information content (AvgIpc) is 3.40. The van der Waals surface area contributed by atoms with E-state index in [1.54, 1.807) is 13.3 Å². The topological polar surface area (TPSA) is 70.7 Å². The summed E-state index contributed by atoms with van der Waals surface area (Å²) in [6.45, 7) is 0. The Morgan fingerprint density at radius 3 is 2.63 bits per heavy atom. The molecule has 0 saturated heterocycles. The van der Waals surface area contributed by atoms with E-state index in [4.69, 9.17) is 14.8 Å².